The molecule has 1 aromatic rings. The quantitative estimate of drug-likeness (QED) is 0.792. The van der Waals surface area contributed by atoms with E-state index in [0.717, 1.165) is 31.7 Å². The molecule has 1 unspecified atom stereocenters. The van der Waals surface area contributed by atoms with E-state index >= 15 is 0 Å². The minimum absolute atomic E-state index is 0.123. The average molecular weight is 360 g/mol. The molecule has 0 saturated carbocycles. The van der Waals surface area contributed by atoms with Crippen molar-refractivity contribution in [2.75, 3.05) is 33.4 Å². The van der Waals surface area contributed by atoms with Crippen LogP contribution in [0.1, 0.15) is 52.0 Å². The van der Waals surface area contributed by atoms with Gasteiger partial charge in [-0.3, -0.25) is 4.90 Å². The van der Waals surface area contributed by atoms with Gasteiger partial charge in [0.05, 0.1) is 25.7 Å². The van der Waals surface area contributed by atoms with Crippen LogP contribution in [0.5, 0.6) is 5.75 Å². The molecule has 3 aliphatic heterocycles. The highest BCUT2D eigenvalue weighted by Crippen LogP contribution is 2.57. The average Bonchev–Trinajstić information content (AvgIpc) is 3.09. The van der Waals surface area contributed by atoms with Crippen molar-refractivity contribution >= 4 is 0 Å². The summed E-state index contributed by atoms with van der Waals surface area (Å²) in [5.41, 5.74) is 1.49. The van der Waals surface area contributed by atoms with Gasteiger partial charge in [-0.05, 0) is 54.7 Å². The fraction of sp³-hybridized carbons (Fsp3) is 0.727. The Hall–Kier alpha value is -1.10. The lowest BCUT2D eigenvalue weighted by Gasteiger charge is -2.55. The summed E-state index contributed by atoms with van der Waals surface area (Å²) < 4.78 is 18.4. The summed E-state index contributed by atoms with van der Waals surface area (Å²) in [5, 5.41) is 0. The lowest BCUT2D eigenvalue weighted by atomic mass is 9.62. The zero-order valence-corrected chi connectivity index (χ0v) is 16.7. The molecule has 3 saturated heterocycles. The molecule has 144 valence electrons. The number of rotatable bonds is 2. The van der Waals surface area contributed by atoms with Crippen LogP contribution in [0.2, 0.25) is 0 Å². The van der Waals surface area contributed by atoms with E-state index in [1.165, 1.54) is 18.4 Å². The molecule has 4 nitrogen and oxygen atoms in total. The van der Waals surface area contributed by atoms with E-state index in [4.69, 9.17) is 14.2 Å². The summed E-state index contributed by atoms with van der Waals surface area (Å²) in [6.07, 6.45) is 4.62. The van der Waals surface area contributed by atoms with Gasteiger partial charge < -0.3 is 14.2 Å². The standard InChI is InChI=1S/C22H33NO3/c1-20(2,3)18-10-13-23-12-5-11-21(16-18,22(23)25-14-15-26-22)17-6-8-19(24-4)9-7-17/h6-9,18H,5,10-16H2,1-4H3/t18-,21+/m1/s1. The molecule has 4 rings (SSSR count). The molecule has 0 aliphatic carbocycles. The molecule has 2 bridgehead atoms. The minimum Gasteiger partial charge on any atom is -0.497 e. The lowest BCUT2D eigenvalue weighted by molar-refractivity contribution is -0.312. The summed E-state index contributed by atoms with van der Waals surface area (Å²) in [7, 11) is 1.72. The van der Waals surface area contributed by atoms with Crippen molar-refractivity contribution in [2.45, 2.75) is 57.8 Å². The first-order chi connectivity index (χ1) is 12.4. The maximum atomic E-state index is 6.48. The van der Waals surface area contributed by atoms with E-state index < -0.39 is 5.91 Å². The van der Waals surface area contributed by atoms with E-state index in [0.29, 0.717) is 19.1 Å². The van der Waals surface area contributed by atoms with Crippen molar-refractivity contribution in [3.8, 4) is 5.75 Å². The SMILES string of the molecule is COc1ccc([C@]23CCCN(CC[C@@H](C(C)(C)C)C2)C32OCCO2)cc1. The van der Waals surface area contributed by atoms with Crippen LogP contribution in [0.3, 0.4) is 0 Å². The topological polar surface area (TPSA) is 30.9 Å². The Morgan fingerprint density at radius 3 is 2.38 bits per heavy atom. The van der Waals surface area contributed by atoms with E-state index in [1.807, 2.05) is 0 Å². The van der Waals surface area contributed by atoms with Crippen LogP contribution in [-0.2, 0) is 14.9 Å². The Labute approximate surface area is 157 Å². The summed E-state index contributed by atoms with van der Waals surface area (Å²) in [5.74, 6) is 0.943. The van der Waals surface area contributed by atoms with Gasteiger partial charge in [0.1, 0.15) is 5.75 Å². The fourth-order valence-electron chi connectivity index (χ4n) is 5.46. The monoisotopic (exact) mass is 359 g/mol. The van der Waals surface area contributed by atoms with Gasteiger partial charge in [-0.25, -0.2) is 0 Å². The molecule has 3 atom stereocenters. The molecule has 1 aromatic carbocycles. The van der Waals surface area contributed by atoms with Crippen molar-refractivity contribution in [3.63, 3.8) is 0 Å². The molecular weight excluding hydrogens is 326 g/mol. The van der Waals surface area contributed by atoms with Crippen LogP contribution >= 0.6 is 0 Å². The predicted octanol–water partition coefficient (Wildman–Crippen LogP) is 4.19. The maximum Gasteiger partial charge on any atom is 0.240 e. The van der Waals surface area contributed by atoms with Crippen LogP contribution in [0.25, 0.3) is 0 Å². The number of piperidine rings is 1. The third kappa shape index (κ3) is 2.69. The van der Waals surface area contributed by atoms with Gasteiger partial charge in [0.15, 0.2) is 0 Å². The van der Waals surface area contributed by atoms with E-state index in [-0.39, 0.29) is 10.8 Å². The molecule has 4 heteroatoms. The molecule has 3 aliphatic rings. The lowest BCUT2D eigenvalue weighted by Crippen LogP contribution is -2.65. The molecule has 26 heavy (non-hydrogen) atoms. The smallest absolute Gasteiger partial charge is 0.240 e. The first-order valence-corrected chi connectivity index (χ1v) is 10.1. The van der Waals surface area contributed by atoms with E-state index in [2.05, 4.69) is 49.9 Å². The van der Waals surface area contributed by atoms with Crippen molar-refractivity contribution in [3.05, 3.63) is 29.8 Å². The Morgan fingerprint density at radius 1 is 1.08 bits per heavy atom. The van der Waals surface area contributed by atoms with Crippen LogP contribution in [0.15, 0.2) is 24.3 Å². The first kappa shape index (κ1) is 18.3. The molecular formula is C22H33NO3. The van der Waals surface area contributed by atoms with Crippen molar-refractivity contribution in [1.82, 2.24) is 4.90 Å². The number of benzene rings is 1. The normalized spacial score (nSPS) is 33.8. The van der Waals surface area contributed by atoms with Crippen molar-refractivity contribution < 1.29 is 14.2 Å². The van der Waals surface area contributed by atoms with Crippen LogP contribution in [0, 0.1) is 11.3 Å². The molecule has 3 fully saturated rings. The Morgan fingerprint density at radius 2 is 1.77 bits per heavy atom. The van der Waals surface area contributed by atoms with Gasteiger partial charge in [-0.15, -0.1) is 0 Å². The fourth-order valence-corrected chi connectivity index (χ4v) is 5.46. The van der Waals surface area contributed by atoms with E-state index in [9.17, 15) is 0 Å². The Bertz CT molecular complexity index is 630. The van der Waals surface area contributed by atoms with Gasteiger partial charge >= 0.3 is 0 Å². The molecule has 0 aromatic heterocycles. The summed E-state index contributed by atoms with van der Waals surface area (Å²) >= 11 is 0. The van der Waals surface area contributed by atoms with Gasteiger partial charge in [-0.2, -0.15) is 0 Å². The Kier molecular flexibility index (Phi) is 4.57. The van der Waals surface area contributed by atoms with Gasteiger partial charge in [0, 0.05) is 13.1 Å². The number of hydrogen-bond acceptors (Lipinski definition) is 4. The largest absolute Gasteiger partial charge is 0.497 e. The number of ether oxygens (including phenoxy) is 3. The number of hydrogen-bond donors (Lipinski definition) is 0. The molecule has 0 N–H and O–H groups in total. The highest BCUT2D eigenvalue weighted by Gasteiger charge is 2.64. The summed E-state index contributed by atoms with van der Waals surface area (Å²) in [4.78, 5) is 2.50. The molecule has 0 amide bonds. The second-order valence-corrected chi connectivity index (χ2v) is 9.24. The molecule has 3 heterocycles. The first-order valence-electron chi connectivity index (χ1n) is 10.1. The third-order valence-electron chi connectivity index (χ3n) is 6.94. The zero-order valence-electron chi connectivity index (χ0n) is 16.7. The molecule has 0 radical (unpaired) electrons. The van der Waals surface area contributed by atoms with Gasteiger partial charge in [0.25, 0.3) is 0 Å². The van der Waals surface area contributed by atoms with Crippen LogP contribution in [-0.4, -0.2) is 44.2 Å². The maximum absolute atomic E-state index is 6.48. The second kappa shape index (κ2) is 6.50. The summed E-state index contributed by atoms with van der Waals surface area (Å²) in [6, 6.07) is 8.64. The highest BCUT2D eigenvalue weighted by atomic mass is 16.8. The second-order valence-electron chi connectivity index (χ2n) is 9.24. The van der Waals surface area contributed by atoms with Gasteiger partial charge in [-0.1, -0.05) is 32.9 Å². The Balaban J connectivity index is 1.85. The van der Waals surface area contributed by atoms with Crippen molar-refractivity contribution in [1.29, 1.82) is 0 Å². The zero-order chi connectivity index (χ0) is 18.4. The van der Waals surface area contributed by atoms with E-state index in [1.54, 1.807) is 7.11 Å². The summed E-state index contributed by atoms with van der Waals surface area (Å²) in [6.45, 7) is 10.6. The highest BCUT2D eigenvalue weighted by molar-refractivity contribution is 5.36. The van der Waals surface area contributed by atoms with Gasteiger partial charge in [0.2, 0.25) is 5.91 Å². The van der Waals surface area contributed by atoms with Crippen LogP contribution < -0.4 is 4.74 Å². The minimum atomic E-state index is -0.597. The third-order valence-corrected chi connectivity index (χ3v) is 6.94. The van der Waals surface area contributed by atoms with Crippen LogP contribution in [0.4, 0.5) is 0 Å². The number of nitrogens with zero attached hydrogens (tertiary/aromatic N) is 1. The van der Waals surface area contributed by atoms with Crippen molar-refractivity contribution in [2.24, 2.45) is 11.3 Å². The molecule has 1 spiro atoms. The predicted molar refractivity (Wildman–Crippen MR) is 102 cm³/mol. The number of methoxy groups -OCH3 is 1.